The summed E-state index contributed by atoms with van der Waals surface area (Å²) in [6.45, 7) is 2.09. The minimum Gasteiger partial charge on any atom is -0.497 e. The smallest absolute Gasteiger partial charge is 0.303 e. The molecule has 7 heteroatoms. The second kappa shape index (κ2) is 9.43. The summed E-state index contributed by atoms with van der Waals surface area (Å²) in [6, 6.07) is 13.3. The molecule has 2 aromatic rings. The molecule has 0 aliphatic carbocycles. The van der Waals surface area contributed by atoms with Gasteiger partial charge in [-0.2, -0.15) is 5.10 Å². The van der Waals surface area contributed by atoms with Crippen molar-refractivity contribution in [1.82, 2.24) is 5.01 Å². The predicted molar refractivity (Wildman–Crippen MR) is 113 cm³/mol. The van der Waals surface area contributed by atoms with E-state index in [1.165, 1.54) is 10.6 Å². The molecule has 1 N–H and O–H groups in total. The van der Waals surface area contributed by atoms with Gasteiger partial charge in [0.05, 0.1) is 32.4 Å². The van der Waals surface area contributed by atoms with Crippen LogP contribution in [0.5, 0.6) is 11.5 Å². The summed E-state index contributed by atoms with van der Waals surface area (Å²) < 4.78 is 10.7. The summed E-state index contributed by atoms with van der Waals surface area (Å²) in [5.41, 5.74) is 3.69. The Morgan fingerprint density at radius 3 is 2.23 bits per heavy atom. The first kappa shape index (κ1) is 21.4. The van der Waals surface area contributed by atoms with Crippen molar-refractivity contribution in [1.29, 1.82) is 0 Å². The number of aryl methyl sites for hydroxylation is 1. The van der Waals surface area contributed by atoms with Crippen LogP contribution in [0.25, 0.3) is 0 Å². The molecule has 0 aromatic heterocycles. The van der Waals surface area contributed by atoms with Gasteiger partial charge < -0.3 is 14.6 Å². The van der Waals surface area contributed by atoms with Crippen molar-refractivity contribution in [3.8, 4) is 11.5 Å². The molecule has 30 heavy (non-hydrogen) atoms. The van der Waals surface area contributed by atoms with Gasteiger partial charge in [-0.1, -0.05) is 31.2 Å². The first-order chi connectivity index (χ1) is 14.4. The second-order valence-electron chi connectivity index (χ2n) is 7.10. The van der Waals surface area contributed by atoms with Gasteiger partial charge >= 0.3 is 5.97 Å². The number of hydrazone groups is 1. The molecule has 3 rings (SSSR count). The zero-order valence-corrected chi connectivity index (χ0v) is 17.4. The molecule has 0 fully saturated rings. The van der Waals surface area contributed by atoms with Crippen molar-refractivity contribution in [2.24, 2.45) is 5.10 Å². The van der Waals surface area contributed by atoms with Crippen LogP contribution in [0.4, 0.5) is 0 Å². The summed E-state index contributed by atoms with van der Waals surface area (Å²) in [5, 5.41) is 15.0. The monoisotopic (exact) mass is 410 g/mol. The van der Waals surface area contributed by atoms with Gasteiger partial charge in [0, 0.05) is 24.5 Å². The van der Waals surface area contributed by atoms with Crippen LogP contribution in [0.15, 0.2) is 47.6 Å². The third-order valence-electron chi connectivity index (χ3n) is 5.18. The summed E-state index contributed by atoms with van der Waals surface area (Å²) in [7, 11) is 3.16. The van der Waals surface area contributed by atoms with E-state index >= 15 is 0 Å². The normalized spacial score (nSPS) is 15.6. The minimum atomic E-state index is -1.01. The van der Waals surface area contributed by atoms with Crippen molar-refractivity contribution in [2.45, 2.75) is 38.6 Å². The van der Waals surface area contributed by atoms with Crippen molar-refractivity contribution in [3.05, 3.63) is 59.2 Å². The Morgan fingerprint density at radius 1 is 1.07 bits per heavy atom. The van der Waals surface area contributed by atoms with Crippen LogP contribution in [0, 0.1) is 0 Å². The van der Waals surface area contributed by atoms with Crippen LogP contribution >= 0.6 is 0 Å². The lowest BCUT2D eigenvalue weighted by Crippen LogP contribution is -2.27. The number of rotatable bonds is 8. The Balaban J connectivity index is 1.95. The van der Waals surface area contributed by atoms with E-state index in [-0.39, 0.29) is 24.8 Å². The summed E-state index contributed by atoms with van der Waals surface area (Å²) >= 11 is 0. The Morgan fingerprint density at radius 2 is 1.70 bits per heavy atom. The third-order valence-corrected chi connectivity index (χ3v) is 5.18. The number of carbonyl (C=O) groups is 2. The molecule has 1 unspecified atom stereocenters. The lowest BCUT2D eigenvalue weighted by atomic mass is 9.97. The van der Waals surface area contributed by atoms with Crippen LogP contribution in [0.3, 0.4) is 0 Å². The number of hydrogen-bond donors (Lipinski definition) is 1. The standard InChI is InChI=1S/C23H26N2O5/c1-4-15-5-7-16(8-6-15)21-14-20(24-25(21)22(26)9-10-23(27)28)17-11-18(29-2)13-19(12-17)30-3/h5-8,11-13,21H,4,9-10,14H2,1-3H3,(H,27,28). The molecule has 0 spiro atoms. The maximum Gasteiger partial charge on any atom is 0.303 e. The molecule has 0 saturated heterocycles. The number of carboxylic acids is 1. The molecule has 1 amide bonds. The lowest BCUT2D eigenvalue weighted by molar-refractivity contribution is -0.141. The molecule has 1 atom stereocenters. The van der Waals surface area contributed by atoms with E-state index in [0.29, 0.717) is 17.9 Å². The number of benzene rings is 2. The first-order valence-electron chi connectivity index (χ1n) is 9.88. The number of ether oxygens (including phenoxy) is 2. The molecule has 1 heterocycles. The number of amides is 1. The lowest BCUT2D eigenvalue weighted by Gasteiger charge is -2.22. The molecule has 158 valence electrons. The average Bonchev–Trinajstić information content (AvgIpc) is 3.22. The Hall–Kier alpha value is -3.35. The molecule has 0 saturated carbocycles. The van der Waals surface area contributed by atoms with Crippen LogP contribution in [-0.4, -0.2) is 41.9 Å². The summed E-state index contributed by atoms with van der Waals surface area (Å²) in [5.74, 6) is -0.0573. The highest BCUT2D eigenvalue weighted by Gasteiger charge is 2.33. The number of aliphatic carboxylic acids is 1. The van der Waals surface area contributed by atoms with E-state index in [0.717, 1.165) is 23.3 Å². The molecular formula is C23H26N2O5. The maximum atomic E-state index is 12.8. The van der Waals surface area contributed by atoms with Crippen LogP contribution in [0.1, 0.15) is 48.9 Å². The zero-order chi connectivity index (χ0) is 21.7. The number of methoxy groups -OCH3 is 2. The topological polar surface area (TPSA) is 88.4 Å². The quantitative estimate of drug-likeness (QED) is 0.715. The van der Waals surface area contributed by atoms with E-state index in [1.807, 2.05) is 36.4 Å². The van der Waals surface area contributed by atoms with E-state index < -0.39 is 5.97 Å². The van der Waals surface area contributed by atoms with Gasteiger partial charge in [0.15, 0.2) is 0 Å². The van der Waals surface area contributed by atoms with Crippen molar-refractivity contribution in [2.75, 3.05) is 14.2 Å². The van der Waals surface area contributed by atoms with E-state index in [4.69, 9.17) is 14.6 Å². The van der Waals surface area contributed by atoms with E-state index in [9.17, 15) is 9.59 Å². The van der Waals surface area contributed by atoms with Crippen LogP contribution < -0.4 is 9.47 Å². The molecule has 0 radical (unpaired) electrons. The minimum absolute atomic E-state index is 0.100. The number of nitrogens with zero attached hydrogens (tertiary/aromatic N) is 2. The Labute approximate surface area is 175 Å². The Kier molecular flexibility index (Phi) is 6.72. The molecule has 2 aromatic carbocycles. The highest BCUT2D eigenvalue weighted by Crippen LogP contribution is 2.35. The number of carboxylic acid groups (broad SMARTS) is 1. The first-order valence-corrected chi connectivity index (χ1v) is 9.88. The van der Waals surface area contributed by atoms with Gasteiger partial charge in [-0.25, -0.2) is 5.01 Å². The van der Waals surface area contributed by atoms with Gasteiger partial charge in [-0.15, -0.1) is 0 Å². The predicted octanol–water partition coefficient (Wildman–Crippen LogP) is 3.81. The van der Waals surface area contributed by atoms with Gasteiger partial charge in [0.2, 0.25) is 5.91 Å². The largest absolute Gasteiger partial charge is 0.497 e. The van der Waals surface area contributed by atoms with Gasteiger partial charge in [0.1, 0.15) is 11.5 Å². The molecule has 7 nitrogen and oxygen atoms in total. The van der Waals surface area contributed by atoms with Crippen LogP contribution in [0.2, 0.25) is 0 Å². The fourth-order valence-electron chi connectivity index (χ4n) is 3.45. The fourth-order valence-corrected chi connectivity index (χ4v) is 3.45. The second-order valence-corrected chi connectivity index (χ2v) is 7.10. The van der Waals surface area contributed by atoms with Gasteiger partial charge in [-0.3, -0.25) is 9.59 Å². The number of hydrogen-bond acceptors (Lipinski definition) is 5. The van der Waals surface area contributed by atoms with Crippen molar-refractivity contribution in [3.63, 3.8) is 0 Å². The zero-order valence-electron chi connectivity index (χ0n) is 17.4. The summed E-state index contributed by atoms with van der Waals surface area (Å²) in [4.78, 5) is 23.7. The number of carbonyl (C=O) groups excluding carboxylic acids is 1. The third kappa shape index (κ3) is 4.79. The fraction of sp³-hybridized carbons (Fsp3) is 0.348. The van der Waals surface area contributed by atoms with Crippen molar-refractivity contribution >= 4 is 17.6 Å². The molecule has 0 bridgehead atoms. The molecule has 1 aliphatic heterocycles. The SMILES string of the molecule is CCc1ccc(C2CC(c3cc(OC)cc(OC)c3)=NN2C(=O)CCC(=O)O)cc1. The van der Waals surface area contributed by atoms with Crippen LogP contribution in [-0.2, 0) is 16.0 Å². The Bertz CT molecular complexity index is 930. The molecular weight excluding hydrogens is 384 g/mol. The maximum absolute atomic E-state index is 12.8. The molecule has 1 aliphatic rings. The van der Waals surface area contributed by atoms with E-state index in [2.05, 4.69) is 12.0 Å². The van der Waals surface area contributed by atoms with Gasteiger partial charge in [0.25, 0.3) is 0 Å². The highest BCUT2D eigenvalue weighted by atomic mass is 16.5. The van der Waals surface area contributed by atoms with Crippen molar-refractivity contribution < 1.29 is 24.2 Å². The summed E-state index contributed by atoms with van der Waals surface area (Å²) in [6.07, 6.45) is 1.11. The average molecular weight is 410 g/mol. The highest BCUT2D eigenvalue weighted by molar-refractivity contribution is 6.03. The van der Waals surface area contributed by atoms with E-state index in [1.54, 1.807) is 20.3 Å². The van der Waals surface area contributed by atoms with Gasteiger partial charge in [-0.05, 0) is 29.7 Å².